The molecule has 0 aromatic heterocycles. The number of carbonyl (C=O) groups excluding carboxylic acids is 1. The van der Waals surface area contributed by atoms with Crippen LogP contribution in [0.5, 0.6) is 0 Å². The van der Waals surface area contributed by atoms with E-state index in [1.165, 1.54) is 5.32 Å². The van der Waals surface area contributed by atoms with Crippen LogP contribution in [0.25, 0.3) is 0 Å². The van der Waals surface area contributed by atoms with Crippen molar-refractivity contribution in [3.8, 4) is 0 Å². The minimum atomic E-state index is -5.91. The van der Waals surface area contributed by atoms with Gasteiger partial charge in [-0.15, -0.1) is 0 Å². The zero-order chi connectivity index (χ0) is 14.2. The van der Waals surface area contributed by atoms with Crippen molar-refractivity contribution in [1.29, 1.82) is 0 Å². The van der Waals surface area contributed by atoms with Gasteiger partial charge in [-0.2, -0.15) is 22.0 Å². The van der Waals surface area contributed by atoms with Gasteiger partial charge in [0.15, 0.2) is 5.79 Å². The summed E-state index contributed by atoms with van der Waals surface area (Å²) in [6.07, 6.45) is -6.67. The standard InChI is InChI=1S/C9H12F5NO3/c1-7(2)17-4-5(18-7)3-15-6(16)8(10,11)9(12,13)14/h5H,3-4H2,1-2H3,(H,15,16). The molecule has 0 aromatic rings. The molecular weight excluding hydrogens is 265 g/mol. The highest BCUT2D eigenvalue weighted by molar-refractivity contribution is 5.84. The van der Waals surface area contributed by atoms with Gasteiger partial charge in [0.25, 0.3) is 5.91 Å². The average molecular weight is 277 g/mol. The lowest BCUT2D eigenvalue weighted by molar-refractivity contribution is -0.269. The van der Waals surface area contributed by atoms with Crippen LogP contribution in [-0.4, -0.2) is 43.0 Å². The molecule has 0 radical (unpaired) electrons. The van der Waals surface area contributed by atoms with E-state index >= 15 is 0 Å². The Morgan fingerprint density at radius 1 is 1.33 bits per heavy atom. The molecule has 0 spiro atoms. The minimum absolute atomic E-state index is 0.00483. The summed E-state index contributed by atoms with van der Waals surface area (Å²) < 4.78 is 70.8. The molecule has 1 atom stereocenters. The van der Waals surface area contributed by atoms with Crippen LogP contribution < -0.4 is 5.32 Å². The van der Waals surface area contributed by atoms with Crippen molar-refractivity contribution in [3.63, 3.8) is 0 Å². The van der Waals surface area contributed by atoms with Crippen LogP contribution >= 0.6 is 0 Å². The van der Waals surface area contributed by atoms with E-state index in [0.29, 0.717) is 0 Å². The largest absolute Gasteiger partial charge is 0.463 e. The predicted molar refractivity (Wildman–Crippen MR) is 48.9 cm³/mol. The van der Waals surface area contributed by atoms with Crippen LogP contribution in [-0.2, 0) is 14.3 Å². The normalized spacial score (nSPS) is 24.1. The van der Waals surface area contributed by atoms with E-state index in [2.05, 4.69) is 0 Å². The molecule has 0 aliphatic carbocycles. The van der Waals surface area contributed by atoms with E-state index in [4.69, 9.17) is 9.47 Å². The third-order valence-corrected chi connectivity index (χ3v) is 2.20. The van der Waals surface area contributed by atoms with Crippen molar-refractivity contribution < 1.29 is 36.2 Å². The molecule has 0 saturated carbocycles. The van der Waals surface area contributed by atoms with Crippen molar-refractivity contribution >= 4 is 5.91 Å². The molecular formula is C9H12F5NO3. The first kappa shape index (κ1) is 15.1. The average Bonchev–Trinajstić information content (AvgIpc) is 2.52. The summed E-state index contributed by atoms with van der Waals surface area (Å²) in [5, 5.41) is 1.50. The first-order valence-electron chi connectivity index (χ1n) is 5.00. The van der Waals surface area contributed by atoms with Gasteiger partial charge >= 0.3 is 12.1 Å². The highest BCUT2D eigenvalue weighted by atomic mass is 19.4. The lowest BCUT2D eigenvalue weighted by Gasteiger charge is -2.20. The number of ether oxygens (including phenoxy) is 2. The Balaban J connectivity index is 2.48. The summed E-state index contributed by atoms with van der Waals surface area (Å²) in [4.78, 5) is 10.8. The Hall–Kier alpha value is -0.960. The third-order valence-electron chi connectivity index (χ3n) is 2.20. The molecule has 1 heterocycles. The summed E-state index contributed by atoms with van der Waals surface area (Å²) >= 11 is 0. The van der Waals surface area contributed by atoms with Crippen molar-refractivity contribution in [2.45, 2.75) is 37.8 Å². The quantitative estimate of drug-likeness (QED) is 0.794. The summed E-state index contributed by atoms with van der Waals surface area (Å²) in [5.41, 5.74) is 0. The van der Waals surface area contributed by atoms with Crippen molar-refractivity contribution in [2.24, 2.45) is 0 Å². The summed E-state index contributed by atoms with van der Waals surface area (Å²) in [6.45, 7) is 2.64. The van der Waals surface area contributed by atoms with Crippen LogP contribution in [0.3, 0.4) is 0 Å². The minimum Gasteiger partial charge on any atom is -0.348 e. The lowest BCUT2D eigenvalue weighted by atomic mass is 10.3. The maximum Gasteiger partial charge on any atom is 0.463 e. The SMILES string of the molecule is CC1(C)OCC(CNC(=O)C(F)(F)C(F)(F)F)O1. The maximum atomic E-state index is 12.5. The van der Waals surface area contributed by atoms with E-state index < -0.39 is 36.4 Å². The number of amides is 1. The number of hydrogen-bond donors (Lipinski definition) is 1. The molecule has 1 N–H and O–H groups in total. The Morgan fingerprint density at radius 3 is 2.28 bits per heavy atom. The van der Waals surface area contributed by atoms with Gasteiger partial charge < -0.3 is 14.8 Å². The second kappa shape index (κ2) is 4.61. The summed E-state index contributed by atoms with van der Waals surface area (Å²) in [7, 11) is 0. The molecule has 1 fully saturated rings. The van der Waals surface area contributed by atoms with Crippen LogP contribution in [0, 0.1) is 0 Å². The number of alkyl halides is 5. The van der Waals surface area contributed by atoms with Crippen LogP contribution in [0.15, 0.2) is 0 Å². The van der Waals surface area contributed by atoms with Gasteiger partial charge in [0, 0.05) is 6.54 Å². The van der Waals surface area contributed by atoms with Crippen LogP contribution in [0.1, 0.15) is 13.8 Å². The zero-order valence-electron chi connectivity index (χ0n) is 9.61. The topological polar surface area (TPSA) is 47.6 Å². The fourth-order valence-corrected chi connectivity index (χ4v) is 1.31. The molecule has 1 aliphatic rings. The van der Waals surface area contributed by atoms with E-state index in [0.717, 1.165) is 0 Å². The van der Waals surface area contributed by atoms with E-state index in [9.17, 15) is 26.7 Å². The molecule has 0 bridgehead atoms. The Bertz CT molecular complexity index is 329. The van der Waals surface area contributed by atoms with Crippen molar-refractivity contribution in [1.82, 2.24) is 5.32 Å². The number of nitrogens with one attached hydrogen (secondary N) is 1. The molecule has 106 valence electrons. The first-order valence-corrected chi connectivity index (χ1v) is 5.00. The number of hydrogen-bond acceptors (Lipinski definition) is 3. The number of carbonyl (C=O) groups is 1. The Morgan fingerprint density at radius 2 is 1.89 bits per heavy atom. The number of rotatable bonds is 3. The van der Waals surface area contributed by atoms with Crippen molar-refractivity contribution in [2.75, 3.05) is 13.2 Å². The fourth-order valence-electron chi connectivity index (χ4n) is 1.31. The zero-order valence-corrected chi connectivity index (χ0v) is 9.61. The van der Waals surface area contributed by atoms with Gasteiger partial charge in [0.2, 0.25) is 0 Å². The van der Waals surface area contributed by atoms with Crippen LogP contribution in [0.4, 0.5) is 22.0 Å². The molecule has 4 nitrogen and oxygen atoms in total. The van der Waals surface area contributed by atoms with Gasteiger partial charge in [0.1, 0.15) is 6.10 Å². The van der Waals surface area contributed by atoms with E-state index in [1.54, 1.807) is 13.8 Å². The van der Waals surface area contributed by atoms with E-state index in [1.807, 2.05) is 0 Å². The highest BCUT2D eigenvalue weighted by Crippen LogP contribution is 2.35. The fraction of sp³-hybridized carbons (Fsp3) is 0.889. The Labute approximate surface area is 99.4 Å². The van der Waals surface area contributed by atoms with E-state index in [-0.39, 0.29) is 6.61 Å². The second-order valence-electron chi connectivity index (χ2n) is 4.23. The molecule has 0 aromatic carbocycles. The van der Waals surface area contributed by atoms with Gasteiger partial charge in [-0.25, -0.2) is 0 Å². The second-order valence-corrected chi connectivity index (χ2v) is 4.23. The third kappa shape index (κ3) is 3.29. The monoisotopic (exact) mass is 277 g/mol. The smallest absolute Gasteiger partial charge is 0.348 e. The molecule has 1 rings (SSSR count). The maximum absolute atomic E-state index is 12.5. The highest BCUT2D eigenvalue weighted by Gasteiger charge is 2.63. The lowest BCUT2D eigenvalue weighted by Crippen LogP contribution is -2.52. The molecule has 1 aliphatic heterocycles. The molecule has 9 heteroatoms. The number of halogens is 5. The van der Waals surface area contributed by atoms with Crippen molar-refractivity contribution in [3.05, 3.63) is 0 Å². The first-order chi connectivity index (χ1) is 7.96. The van der Waals surface area contributed by atoms with Gasteiger partial charge in [-0.1, -0.05) is 0 Å². The molecule has 1 amide bonds. The Kier molecular flexibility index (Phi) is 3.87. The van der Waals surface area contributed by atoms with Crippen LogP contribution in [0.2, 0.25) is 0 Å². The van der Waals surface area contributed by atoms with Gasteiger partial charge in [0.05, 0.1) is 6.61 Å². The predicted octanol–water partition coefficient (Wildman–Crippen LogP) is 1.45. The summed E-state index contributed by atoms with van der Waals surface area (Å²) in [5.74, 6) is -8.76. The molecule has 1 unspecified atom stereocenters. The summed E-state index contributed by atoms with van der Waals surface area (Å²) in [6, 6.07) is 0. The van der Waals surface area contributed by atoms with Gasteiger partial charge in [-0.3, -0.25) is 4.79 Å². The van der Waals surface area contributed by atoms with Gasteiger partial charge in [-0.05, 0) is 13.8 Å². The molecule has 18 heavy (non-hydrogen) atoms. The molecule has 1 saturated heterocycles.